The van der Waals surface area contributed by atoms with Crippen LogP contribution in [0.1, 0.15) is 252 Å². The number of carbonyl (C=O) groups is 3. The molecule has 0 heterocycles. The van der Waals surface area contributed by atoms with Crippen LogP contribution in [0.4, 0.5) is 0 Å². The zero-order valence-electron chi connectivity index (χ0n) is 42.5. The maximum absolute atomic E-state index is 12.8. The van der Waals surface area contributed by atoms with E-state index in [1.807, 2.05) is 0 Å². The fraction of sp³-hybridized carbons (Fsp3) is 0.712. The van der Waals surface area contributed by atoms with Crippen LogP contribution in [-0.4, -0.2) is 37.2 Å². The van der Waals surface area contributed by atoms with E-state index in [-0.39, 0.29) is 31.1 Å². The summed E-state index contributed by atoms with van der Waals surface area (Å²) in [6.07, 6.45) is 68.5. The van der Waals surface area contributed by atoms with Crippen molar-refractivity contribution in [3.8, 4) is 0 Å². The molecule has 0 radical (unpaired) electrons. The van der Waals surface area contributed by atoms with E-state index in [0.29, 0.717) is 19.3 Å². The minimum absolute atomic E-state index is 0.0876. The molecule has 0 spiro atoms. The molecule has 65 heavy (non-hydrogen) atoms. The maximum atomic E-state index is 12.8. The Labute approximate surface area is 401 Å². The lowest BCUT2D eigenvalue weighted by Gasteiger charge is -2.18. The van der Waals surface area contributed by atoms with E-state index in [0.717, 1.165) is 116 Å². The van der Waals surface area contributed by atoms with Gasteiger partial charge in [-0.2, -0.15) is 0 Å². The first-order valence-corrected chi connectivity index (χ1v) is 27.1. The standard InChI is InChI=1S/C59H100O6/c1-4-7-10-13-16-19-22-25-27-29-30-31-33-34-37-40-43-46-49-52-58(61)64-55-56(54-63-57(60)51-48-45-42-39-36-24-21-18-15-12-9-6-3)65-59(62)53-50-47-44-41-38-35-32-28-26-23-20-17-14-11-8-5-2/h7-8,10-11,16-21,25-28,56H,4-6,9,12-15,22-24,29-55H2,1-3H3/b10-7-,11-8-,19-16-,20-17-,21-18-,27-25-,28-26-. The van der Waals surface area contributed by atoms with E-state index in [9.17, 15) is 14.4 Å². The molecule has 0 bridgehead atoms. The van der Waals surface area contributed by atoms with Gasteiger partial charge in [0, 0.05) is 19.3 Å². The van der Waals surface area contributed by atoms with Gasteiger partial charge in [-0.1, -0.05) is 209 Å². The zero-order valence-corrected chi connectivity index (χ0v) is 42.5. The molecular formula is C59H100O6. The van der Waals surface area contributed by atoms with Crippen molar-refractivity contribution in [2.24, 2.45) is 0 Å². The van der Waals surface area contributed by atoms with Crippen LogP contribution < -0.4 is 0 Å². The normalized spacial score (nSPS) is 12.7. The number of allylic oxidation sites excluding steroid dienone is 14. The first kappa shape index (κ1) is 61.6. The van der Waals surface area contributed by atoms with Gasteiger partial charge in [-0.25, -0.2) is 0 Å². The minimum atomic E-state index is -0.789. The number of esters is 3. The first-order chi connectivity index (χ1) is 32.0. The quantitative estimate of drug-likeness (QED) is 0.0262. The van der Waals surface area contributed by atoms with Gasteiger partial charge in [0.2, 0.25) is 0 Å². The molecule has 0 aliphatic heterocycles. The van der Waals surface area contributed by atoms with E-state index in [2.05, 4.69) is 106 Å². The van der Waals surface area contributed by atoms with Crippen molar-refractivity contribution < 1.29 is 28.6 Å². The Morgan fingerprint density at radius 3 is 0.954 bits per heavy atom. The van der Waals surface area contributed by atoms with Gasteiger partial charge in [-0.15, -0.1) is 0 Å². The van der Waals surface area contributed by atoms with Crippen LogP contribution in [0.2, 0.25) is 0 Å². The molecular weight excluding hydrogens is 805 g/mol. The van der Waals surface area contributed by atoms with E-state index in [4.69, 9.17) is 14.2 Å². The highest BCUT2D eigenvalue weighted by molar-refractivity contribution is 5.71. The molecule has 0 fully saturated rings. The number of carbonyl (C=O) groups excluding carboxylic acids is 3. The Morgan fingerprint density at radius 2 is 0.600 bits per heavy atom. The van der Waals surface area contributed by atoms with Crippen molar-refractivity contribution in [3.05, 3.63) is 85.1 Å². The zero-order chi connectivity index (χ0) is 47.2. The Balaban J connectivity index is 4.39. The second kappa shape index (κ2) is 53.2. The van der Waals surface area contributed by atoms with Gasteiger partial charge >= 0.3 is 17.9 Å². The predicted octanol–water partition coefficient (Wildman–Crippen LogP) is 18.0. The average Bonchev–Trinajstić information content (AvgIpc) is 3.30. The molecule has 0 saturated carbocycles. The molecule has 0 N–H and O–H groups in total. The highest BCUT2D eigenvalue weighted by atomic mass is 16.6. The number of hydrogen-bond donors (Lipinski definition) is 0. The third-order valence-electron chi connectivity index (χ3n) is 11.4. The van der Waals surface area contributed by atoms with Gasteiger partial charge in [-0.05, 0) is 109 Å². The first-order valence-electron chi connectivity index (χ1n) is 27.1. The smallest absolute Gasteiger partial charge is 0.306 e. The Morgan fingerprint density at radius 1 is 0.323 bits per heavy atom. The fourth-order valence-electron chi connectivity index (χ4n) is 7.35. The topological polar surface area (TPSA) is 78.9 Å². The molecule has 6 heteroatoms. The Kier molecular flexibility index (Phi) is 50.4. The van der Waals surface area contributed by atoms with Gasteiger partial charge in [0.05, 0.1) is 0 Å². The largest absolute Gasteiger partial charge is 0.462 e. The molecule has 0 saturated heterocycles. The number of unbranched alkanes of at least 4 members (excludes halogenated alkanes) is 23. The summed E-state index contributed by atoms with van der Waals surface area (Å²) < 4.78 is 16.8. The van der Waals surface area contributed by atoms with Crippen molar-refractivity contribution in [1.29, 1.82) is 0 Å². The lowest BCUT2D eigenvalue weighted by molar-refractivity contribution is -0.167. The van der Waals surface area contributed by atoms with Crippen molar-refractivity contribution in [1.82, 2.24) is 0 Å². The van der Waals surface area contributed by atoms with Crippen LogP contribution >= 0.6 is 0 Å². The Hall–Kier alpha value is -3.41. The molecule has 1 atom stereocenters. The number of ether oxygens (including phenoxy) is 3. The van der Waals surface area contributed by atoms with Crippen molar-refractivity contribution in [3.63, 3.8) is 0 Å². The molecule has 0 aliphatic rings. The summed E-state index contributed by atoms with van der Waals surface area (Å²) >= 11 is 0. The molecule has 1 unspecified atom stereocenters. The third kappa shape index (κ3) is 51.4. The summed E-state index contributed by atoms with van der Waals surface area (Å²) in [4.78, 5) is 38.1. The maximum Gasteiger partial charge on any atom is 0.306 e. The highest BCUT2D eigenvalue weighted by Gasteiger charge is 2.19. The second-order valence-corrected chi connectivity index (χ2v) is 17.7. The van der Waals surface area contributed by atoms with Crippen molar-refractivity contribution >= 4 is 17.9 Å². The van der Waals surface area contributed by atoms with Gasteiger partial charge in [0.15, 0.2) is 6.10 Å². The second-order valence-electron chi connectivity index (χ2n) is 17.7. The molecule has 0 aromatic carbocycles. The van der Waals surface area contributed by atoms with Crippen LogP contribution in [0, 0.1) is 0 Å². The van der Waals surface area contributed by atoms with Crippen LogP contribution in [0.3, 0.4) is 0 Å². The van der Waals surface area contributed by atoms with E-state index in [1.165, 1.54) is 96.3 Å². The summed E-state index contributed by atoms with van der Waals surface area (Å²) in [6.45, 7) is 6.38. The van der Waals surface area contributed by atoms with Crippen molar-refractivity contribution in [2.75, 3.05) is 13.2 Å². The molecule has 372 valence electrons. The summed E-state index contributed by atoms with van der Waals surface area (Å²) in [7, 11) is 0. The molecule has 6 nitrogen and oxygen atoms in total. The summed E-state index contributed by atoms with van der Waals surface area (Å²) in [6, 6.07) is 0. The van der Waals surface area contributed by atoms with Gasteiger partial charge in [0.1, 0.15) is 13.2 Å². The molecule has 0 aromatic heterocycles. The SMILES string of the molecule is CC/C=C\C/C=C\C/C=C\CCCCCCCCCCCC(=O)OCC(COC(=O)CCCCCCC/C=C\CCCCC)OC(=O)CCCCCCCC/C=C\C/C=C\C/C=C\CC. The van der Waals surface area contributed by atoms with Crippen molar-refractivity contribution in [2.45, 2.75) is 258 Å². The molecule has 0 amide bonds. The minimum Gasteiger partial charge on any atom is -0.462 e. The van der Waals surface area contributed by atoms with Gasteiger partial charge in [-0.3, -0.25) is 14.4 Å². The number of rotatable bonds is 48. The van der Waals surface area contributed by atoms with E-state index >= 15 is 0 Å². The molecule has 0 rings (SSSR count). The van der Waals surface area contributed by atoms with Crippen LogP contribution in [0.15, 0.2) is 85.1 Å². The lowest BCUT2D eigenvalue weighted by Crippen LogP contribution is -2.30. The van der Waals surface area contributed by atoms with Crippen LogP contribution in [0.25, 0.3) is 0 Å². The predicted molar refractivity (Wildman–Crippen MR) is 279 cm³/mol. The average molecular weight is 905 g/mol. The molecule has 0 aromatic rings. The highest BCUT2D eigenvalue weighted by Crippen LogP contribution is 2.15. The van der Waals surface area contributed by atoms with Gasteiger partial charge in [0.25, 0.3) is 0 Å². The fourth-order valence-corrected chi connectivity index (χ4v) is 7.35. The third-order valence-corrected chi connectivity index (χ3v) is 11.4. The summed E-state index contributed by atoms with van der Waals surface area (Å²) in [5.74, 6) is -0.913. The van der Waals surface area contributed by atoms with Gasteiger partial charge < -0.3 is 14.2 Å². The van der Waals surface area contributed by atoms with E-state index < -0.39 is 6.10 Å². The van der Waals surface area contributed by atoms with Crippen LogP contribution in [0.5, 0.6) is 0 Å². The number of hydrogen-bond acceptors (Lipinski definition) is 6. The van der Waals surface area contributed by atoms with E-state index in [1.54, 1.807) is 0 Å². The van der Waals surface area contributed by atoms with Crippen LogP contribution in [-0.2, 0) is 28.6 Å². The Bertz CT molecular complexity index is 1270. The monoisotopic (exact) mass is 905 g/mol. The summed E-state index contributed by atoms with van der Waals surface area (Å²) in [5.41, 5.74) is 0. The summed E-state index contributed by atoms with van der Waals surface area (Å²) in [5, 5.41) is 0. The molecule has 0 aliphatic carbocycles. The lowest BCUT2D eigenvalue weighted by atomic mass is 10.1.